The van der Waals surface area contributed by atoms with Crippen LogP contribution >= 0.6 is 27.7 Å². The zero-order valence-corrected chi connectivity index (χ0v) is 12.3. The van der Waals surface area contributed by atoms with Gasteiger partial charge in [0.05, 0.1) is 5.60 Å². The summed E-state index contributed by atoms with van der Waals surface area (Å²) in [6.45, 7) is 0.292. The van der Waals surface area contributed by atoms with Crippen molar-refractivity contribution in [3.63, 3.8) is 0 Å². The van der Waals surface area contributed by atoms with Crippen LogP contribution in [0, 0.1) is 0 Å². The molecule has 0 spiro atoms. The lowest BCUT2D eigenvalue weighted by Gasteiger charge is -2.31. The van der Waals surface area contributed by atoms with Crippen molar-refractivity contribution >= 4 is 33.6 Å². The molecule has 1 amide bonds. The van der Waals surface area contributed by atoms with Crippen LogP contribution in [-0.2, 0) is 0 Å². The molecule has 0 saturated carbocycles. The zero-order chi connectivity index (χ0) is 13.0. The van der Waals surface area contributed by atoms with Gasteiger partial charge in [0.2, 0.25) is 0 Å². The molecule has 2 rings (SSSR count). The fourth-order valence-electron chi connectivity index (χ4n) is 1.80. The van der Waals surface area contributed by atoms with Crippen molar-refractivity contribution < 1.29 is 9.90 Å². The monoisotopic (exact) mass is 330 g/mol. The van der Waals surface area contributed by atoms with Crippen molar-refractivity contribution in [2.45, 2.75) is 18.4 Å². The summed E-state index contributed by atoms with van der Waals surface area (Å²) in [5.74, 6) is 1.64. The third-order valence-electron chi connectivity index (χ3n) is 2.95. The number of hydrogen-bond acceptors (Lipinski definition) is 4. The minimum Gasteiger partial charge on any atom is -0.388 e. The van der Waals surface area contributed by atoms with E-state index in [0.717, 1.165) is 24.3 Å². The number of halogens is 1. The Morgan fingerprint density at radius 1 is 1.50 bits per heavy atom. The highest BCUT2D eigenvalue weighted by Crippen LogP contribution is 2.26. The molecule has 0 aliphatic carbocycles. The summed E-state index contributed by atoms with van der Waals surface area (Å²) in [5, 5.41) is 13.0. The summed E-state index contributed by atoms with van der Waals surface area (Å²) < 4.78 is 0.628. The molecular formula is C12H15BrN2O2S. The molecule has 1 aromatic heterocycles. The highest BCUT2D eigenvalue weighted by atomic mass is 79.9. The predicted octanol–water partition coefficient (Wildman–Crippen LogP) is 1.83. The predicted molar refractivity (Wildman–Crippen MR) is 75.8 cm³/mol. The van der Waals surface area contributed by atoms with Gasteiger partial charge in [-0.05, 0) is 52.4 Å². The van der Waals surface area contributed by atoms with Crippen LogP contribution in [0.15, 0.2) is 22.8 Å². The summed E-state index contributed by atoms with van der Waals surface area (Å²) in [7, 11) is 0. The van der Waals surface area contributed by atoms with E-state index in [4.69, 9.17) is 0 Å². The van der Waals surface area contributed by atoms with Crippen LogP contribution in [-0.4, -0.2) is 39.6 Å². The van der Waals surface area contributed by atoms with Crippen LogP contribution in [0.4, 0.5) is 0 Å². The van der Waals surface area contributed by atoms with Gasteiger partial charge in [0.1, 0.15) is 10.3 Å². The van der Waals surface area contributed by atoms with Gasteiger partial charge in [0.15, 0.2) is 0 Å². The number of aliphatic hydroxyl groups is 1. The van der Waals surface area contributed by atoms with E-state index in [-0.39, 0.29) is 5.91 Å². The molecule has 0 aromatic carbocycles. The summed E-state index contributed by atoms with van der Waals surface area (Å²) in [4.78, 5) is 15.9. The lowest BCUT2D eigenvalue weighted by molar-refractivity contribution is 0.0310. The van der Waals surface area contributed by atoms with Crippen LogP contribution in [0.25, 0.3) is 0 Å². The molecule has 1 saturated heterocycles. The van der Waals surface area contributed by atoms with Crippen molar-refractivity contribution in [2.75, 3.05) is 18.1 Å². The molecule has 0 radical (unpaired) electrons. The molecule has 1 fully saturated rings. The first-order valence-electron chi connectivity index (χ1n) is 5.80. The maximum atomic E-state index is 11.9. The largest absolute Gasteiger partial charge is 0.388 e. The molecular weight excluding hydrogens is 316 g/mol. The molecule has 98 valence electrons. The molecule has 4 nitrogen and oxygen atoms in total. The first kappa shape index (κ1) is 13.8. The van der Waals surface area contributed by atoms with Crippen LogP contribution in [0.5, 0.6) is 0 Å². The molecule has 2 heterocycles. The van der Waals surface area contributed by atoms with Gasteiger partial charge in [0.25, 0.3) is 5.91 Å². The lowest BCUT2D eigenvalue weighted by Crippen LogP contribution is -2.45. The number of nitrogens with zero attached hydrogens (tertiary/aromatic N) is 1. The molecule has 1 aromatic rings. The smallest absolute Gasteiger partial charge is 0.270 e. The van der Waals surface area contributed by atoms with Gasteiger partial charge >= 0.3 is 0 Å². The zero-order valence-electron chi connectivity index (χ0n) is 9.86. The number of nitrogens with one attached hydrogen (secondary N) is 1. The summed E-state index contributed by atoms with van der Waals surface area (Å²) >= 11 is 5.06. The Morgan fingerprint density at radius 2 is 2.22 bits per heavy atom. The summed E-state index contributed by atoms with van der Waals surface area (Å²) in [6.07, 6.45) is 1.45. The number of carbonyl (C=O) groups excluding carboxylic acids is 1. The van der Waals surface area contributed by atoms with E-state index in [1.807, 2.05) is 11.8 Å². The molecule has 0 atom stereocenters. The molecule has 2 N–H and O–H groups in total. The fraction of sp³-hybridized carbons (Fsp3) is 0.500. The highest BCUT2D eigenvalue weighted by Gasteiger charge is 2.29. The van der Waals surface area contributed by atoms with Crippen LogP contribution in [0.2, 0.25) is 0 Å². The van der Waals surface area contributed by atoms with E-state index in [2.05, 4.69) is 26.2 Å². The molecule has 0 unspecified atom stereocenters. The average molecular weight is 331 g/mol. The normalized spacial score (nSPS) is 18.3. The summed E-state index contributed by atoms with van der Waals surface area (Å²) in [6, 6.07) is 5.18. The molecule has 6 heteroatoms. The topological polar surface area (TPSA) is 62.2 Å². The maximum Gasteiger partial charge on any atom is 0.270 e. The van der Waals surface area contributed by atoms with E-state index in [1.54, 1.807) is 18.2 Å². The Morgan fingerprint density at radius 3 is 2.89 bits per heavy atom. The number of pyridine rings is 1. The Kier molecular flexibility index (Phi) is 4.64. The van der Waals surface area contributed by atoms with E-state index in [0.29, 0.717) is 16.8 Å². The van der Waals surface area contributed by atoms with Gasteiger partial charge in [-0.15, -0.1) is 0 Å². The van der Waals surface area contributed by atoms with Crippen molar-refractivity contribution in [2.24, 2.45) is 0 Å². The number of rotatable bonds is 3. The number of carbonyl (C=O) groups is 1. The SMILES string of the molecule is O=C(NCC1(O)CCSCC1)c1cccc(Br)n1. The van der Waals surface area contributed by atoms with Gasteiger partial charge in [0, 0.05) is 6.54 Å². The standard InChI is InChI=1S/C12H15BrN2O2S/c13-10-3-1-2-9(15-10)11(16)14-8-12(17)4-6-18-7-5-12/h1-3,17H,4-8H2,(H,14,16). The average Bonchev–Trinajstić information content (AvgIpc) is 2.37. The van der Waals surface area contributed by atoms with Crippen molar-refractivity contribution in [1.82, 2.24) is 10.3 Å². The molecule has 0 bridgehead atoms. The number of hydrogen-bond donors (Lipinski definition) is 2. The second kappa shape index (κ2) is 6.04. The van der Waals surface area contributed by atoms with E-state index in [1.165, 1.54) is 0 Å². The van der Waals surface area contributed by atoms with Crippen molar-refractivity contribution in [3.8, 4) is 0 Å². The quantitative estimate of drug-likeness (QED) is 0.830. The molecule has 18 heavy (non-hydrogen) atoms. The Hall–Kier alpha value is -0.590. The fourth-order valence-corrected chi connectivity index (χ4v) is 3.39. The van der Waals surface area contributed by atoms with Gasteiger partial charge in [-0.25, -0.2) is 4.98 Å². The first-order valence-corrected chi connectivity index (χ1v) is 7.75. The van der Waals surface area contributed by atoms with Crippen LogP contribution < -0.4 is 5.32 Å². The number of amides is 1. The van der Waals surface area contributed by atoms with Crippen LogP contribution in [0.3, 0.4) is 0 Å². The third kappa shape index (κ3) is 3.70. The van der Waals surface area contributed by atoms with Crippen molar-refractivity contribution in [3.05, 3.63) is 28.5 Å². The Labute approximate surface area is 119 Å². The second-order valence-corrected chi connectivity index (χ2v) is 6.40. The van der Waals surface area contributed by atoms with Gasteiger partial charge < -0.3 is 10.4 Å². The van der Waals surface area contributed by atoms with Gasteiger partial charge in [-0.2, -0.15) is 11.8 Å². The highest BCUT2D eigenvalue weighted by molar-refractivity contribution is 9.10. The van der Waals surface area contributed by atoms with E-state index in [9.17, 15) is 9.90 Å². The van der Waals surface area contributed by atoms with Gasteiger partial charge in [-0.3, -0.25) is 4.79 Å². The van der Waals surface area contributed by atoms with E-state index < -0.39 is 5.60 Å². The minimum atomic E-state index is -0.757. The Bertz CT molecular complexity index is 436. The lowest BCUT2D eigenvalue weighted by atomic mass is 9.97. The van der Waals surface area contributed by atoms with Crippen molar-refractivity contribution in [1.29, 1.82) is 0 Å². The van der Waals surface area contributed by atoms with Gasteiger partial charge in [-0.1, -0.05) is 6.07 Å². The molecule has 1 aliphatic heterocycles. The molecule has 1 aliphatic rings. The first-order chi connectivity index (χ1) is 8.59. The third-order valence-corrected chi connectivity index (χ3v) is 4.38. The minimum absolute atomic E-state index is 0.247. The second-order valence-electron chi connectivity index (χ2n) is 4.36. The maximum absolute atomic E-state index is 11.9. The number of thioether (sulfide) groups is 1. The van der Waals surface area contributed by atoms with Crippen LogP contribution in [0.1, 0.15) is 23.3 Å². The summed E-state index contributed by atoms with van der Waals surface area (Å²) in [5.41, 5.74) is -0.398. The number of aromatic nitrogens is 1. The van der Waals surface area contributed by atoms with E-state index >= 15 is 0 Å². The Balaban J connectivity index is 1.92.